The smallest absolute Gasteiger partial charge is 0.0746 e. The van der Waals surface area contributed by atoms with Crippen LogP contribution in [0.15, 0.2) is 12.7 Å². The summed E-state index contributed by atoms with van der Waals surface area (Å²) in [6.45, 7) is 7.88. The van der Waals surface area contributed by atoms with Crippen LogP contribution in [0.2, 0.25) is 0 Å². The molecule has 0 saturated heterocycles. The second-order valence-electron chi connectivity index (χ2n) is 3.04. The van der Waals surface area contributed by atoms with Crippen molar-refractivity contribution in [1.82, 2.24) is 0 Å². The van der Waals surface area contributed by atoms with Gasteiger partial charge in [-0.3, -0.25) is 0 Å². The highest BCUT2D eigenvalue weighted by atomic mass is 16.3. The van der Waals surface area contributed by atoms with Gasteiger partial charge in [0.15, 0.2) is 0 Å². The molecule has 2 atom stereocenters. The van der Waals surface area contributed by atoms with E-state index in [1.54, 1.807) is 6.08 Å². The second-order valence-corrected chi connectivity index (χ2v) is 3.04. The minimum Gasteiger partial charge on any atom is -0.389 e. The molecule has 0 aliphatic heterocycles. The normalized spacial score (nSPS) is 15.9. The lowest BCUT2D eigenvalue weighted by Gasteiger charge is -2.17. The maximum absolute atomic E-state index is 9.43. The quantitative estimate of drug-likeness (QED) is 0.586. The van der Waals surface area contributed by atoms with E-state index < -0.39 is 0 Å². The molecule has 0 saturated carbocycles. The summed E-state index contributed by atoms with van der Waals surface area (Å²) in [4.78, 5) is 0. The number of unbranched alkanes of at least 4 members (excludes halogenated alkanes) is 1. The Balaban J connectivity index is 3.64. The monoisotopic (exact) mass is 156 g/mol. The van der Waals surface area contributed by atoms with Crippen LogP contribution in [0, 0.1) is 5.92 Å². The molecule has 0 radical (unpaired) electrons. The van der Waals surface area contributed by atoms with E-state index in [0.717, 1.165) is 12.8 Å². The zero-order valence-corrected chi connectivity index (χ0v) is 7.71. The Labute approximate surface area is 70.1 Å². The molecule has 0 aromatic rings. The van der Waals surface area contributed by atoms with E-state index in [0.29, 0.717) is 5.92 Å². The van der Waals surface area contributed by atoms with Crippen molar-refractivity contribution in [2.24, 2.45) is 5.92 Å². The molecule has 1 N–H and O–H groups in total. The minimum absolute atomic E-state index is 0.299. The highest BCUT2D eigenvalue weighted by Gasteiger charge is 2.12. The zero-order valence-electron chi connectivity index (χ0n) is 7.71. The van der Waals surface area contributed by atoms with Gasteiger partial charge < -0.3 is 5.11 Å². The van der Waals surface area contributed by atoms with E-state index in [-0.39, 0.29) is 6.10 Å². The number of hydrogen-bond acceptors (Lipinski definition) is 1. The van der Waals surface area contributed by atoms with Crippen molar-refractivity contribution in [3.8, 4) is 0 Å². The maximum atomic E-state index is 9.43. The van der Waals surface area contributed by atoms with Crippen LogP contribution >= 0.6 is 0 Å². The fraction of sp³-hybridized carbons (Fsp3) is 0.800. The van der Waals surface area contributed by atoms with Crippen molar-refractivity contribution < 1.29 is 5.11 Å². The Kier molecular flexibility index (Phi) is 6.24. The van der Waals surface area contributed by atoms with Gasteiger partial charge in [0, 0.05) is 0 Å². The fourth-order valence-electron chi connectivity index (χ4n) is 1.28. The van der Waals surface area contributed by atoms with Crippen molar-refractivity contribution in [3.63, 3.8) is 0 Å². The molecule has 0 amide bonds. The van der Waals surface area contributed by atoms with Crippen LogP contribution in [0.5, 0.6) is 0 Å². The van der Waals surface area contributed by atoms with Gasteiger partial charge in [-0.25, -0.2) is 0 Å². The number of hydrogen-bond donors (Lipinski definition) is 1. The van der Waals surface area contributed by atoms with E-state index in [9.17, 15) is 5.11 Å². The molecule has 0 aliphatic carbocycles. The first-order chi connectivity index (χ1) is 5.26. The molecule has 0 heterocycles. The molecular weight excluding hydrogens is 136 g/mol. The summed E-state index contributed by atoms with van der Waals surface area (Å²) in [6.07, 6.45) is 5.94. The Morgan fingerprint density at radius 2 is 2.09 bits per heavy atom. The average molecular weight is 156 g/mol. The summed E-state index contributed by atoms with van der Waals surface area (Å²) in [5.74, 6) is 0.424. The van der Waals surface area contributed by atoms with Crippen molar-refractivity contribution in [2.75, 3.05) is 0 Å². The third-order valence-corrected chi connectivity index (χ3v) is 2.18. The van der Waals surface area contributed by atoms with Crippen LogP contribution in [-0.2, 0) is 0 Å². The molecule has 66 valence electrons. The summed E-state index contributed by atoms with van der Waals surface area (Å²) in [5.41, 5.74) is 0. The predicted octanol–water partition coefficient (Wildman–Crippen LogP) is 2.75. The molecule has 1 heteroatoms. The number of aliphatic hydroxyl groups excluding tert-OH is 1. The van der Waals surface area contributed by atoms with Gasteiger partial charge in [0.1, 0.15) is 0 Å². The summed E-state index contributed by atoms with van der Waals surface area (Å²) >= 11 is 0. The van der Waals surface area contributed by atoms with Crippen molar-refractivity contribution in [1.29, 1.82) is 0 Å². The largest absolute Gasteiger partial charge is 0.389 e. The lowest BCUT2D eigenvalue weighted by Crippen LogP contribution is -2.16. The van der Waals surface area contributed by atoms with Crippen LogP contribution in [0.1, 0.15) is 39.5 Å². The zero-order chi connectivity index (χ0) is 8.69. The third kappa shape index (κ3) is 4.20. The number of rotatable bonds is 6. The highest BCUT2D eigenvalue weighted by Crippen LogP contribution is 2.17. The van der Waals surface area contributed by atoms with Crippen molar-refractivity contribution >= 4 is 0 Å². The molecular formula is C10H20O. The van der Waals surface area contributed by atoms with Crippen LogP contribution in [0.25, 0.3) is 0 Å². The Hall–Kier alpha value is -0.300. The second kappa shape index (κ2) is 6.41. The van der Waals surface area contributed by atoms with Crippen molar-refractivity contribution in [2.45, 2.75) is 45.6 Å². The summed E-state index contributed by atoms with van der Waals surface area (Å²) < 4.78 is 0. The van der Waals surface area contributed by atoms with Gasteiger partial charge in [-0.1, -0.05) is 39.2 Å². The van der Waals surface area contributed by atoms with E-state index in [4.69, 9.17) is 0 Å². The fourth-order valence-corrected chi connectivity index (χ4v) is 1.28. The molecule has 0 aromatic heterocycles. The Morgan fingerprint density at radius 1 is 1.45 bits per heavy atom. The van der Waals surface area contributed by atoms with Gasteiger partial charge in [0.2, 0.25) is 0 Å². The van der Waals surface area contributed by atoms with Gasteiger partial charge in [-0.15, -0.1) is 6.58 Å². The first kappa shape index (κ1) is 10.7. The van der Waals surface area contributed by atoms with Gasteiger partial charge >= 0.3 is 0 Å². The standard InChI is InChI=1S/C10H20O/c1-4-7-8-9(5-2)10(11)6-3/h6,9-11H,3-5,7-8H2,1-2H3. The molecule has 2 unspecified atom stereocenters. The molecule has 0 aliphatic rings. The molecule has 1 nitrogen and oxygen atoms in total. The lowest BCUT2D eigenvalue weighted by atomic mass is 9.93. The van der Waals surface area contributed by atoms with Gasteiger partial charge in [-0.2, -0.15) is 0 Å². The Morgan fingerprint density at radius 3 is 2.45 bits per heavy atom. The first-order valence-corrected chi connectivity index (χ1v) is 4.56. The summed E-state index contributed by atoms with van der Waals surface area (Å²) in [6, 6.07) is 0. The van der Waals surface area contributed by atoms with Gasteiger partial charge in [-0.05, 0) is 12.3 Å². The molecule has 0 rings (SSSR count). The van der Waals surface area contributed by atoms with E-state index in [1.807, 2.05) is 0 Å². The molecule has 0 fully saturated rings. The van der Waals surface area contributed by atoms with E-state index in [2.05, 4.69) is 20.4 Å². The molecule has 11 heavy (non-hydrogen) atoms. The van der Waals surface area contributed by atoms with Crippen LogP contribution < -0.4 is 0 Å². The minimum atomic E-state index is -0.299. The topological polar surface area (TPSA) is 20.2 Å². The van der Waals surface area contributed by atoms with Crippen LogP contribution in [-0.4, -0.2) is 11.2 Å². The van der Waals surface area contributed by atoms with Gasteiger partial charge in [0.05, 0.1) is 6.10 Å². The summed E-state index contributed by atoms with van der Waals surface area (Å²) in [5, 5.41) is 9.43. The number of aliphatic hydroxyl groups is 1. The Bertz CT molecular complexity index is 99.0. The predicted molar refractivity (Wildman–Crippen MR) is 49.5 cm³/mol. The van der Waals surface area contributed by atoms with Crippen LogP contribution in [0.4, 0.5) is 0 Å². The SMILES string of the molecule is C=CC(O)C(CC)CCCC. The van der Waals surface area contributed by atoms with E-state index >= 15 is 0 Å². The molecule has 0 bridgehead atoms. The lowest BCUT2D eigenvalue weighted by molar-refractivity contribution is 0.142. The molecule has 0 spiro atoms. The molecule has 0 aromatic carbocycles. The van der Waals surface area contributed by atoms with Gasteiger partial charge in [0.25, 0.3) is 0 Å². The average Bonchev–Trinajstić information content (AvgIpc) is 2.05. The third-order valence-electron chi connectivity index (χ3n) is 2.18. The summed E-state index contributed by atoms with van der Waals surface area (Å²) in [7, 11) is 0. The van der Waals surface area contributed by atoms with Crippen molar-refractivity contribution in [3.05, 3.63) is 12.7 Å². The maximum Gasteiger partial charge on any atom is 0.0746 e. The van der Waals surface area contributed by atoms with E-state index in [1.165, 1.54) is 12.8 Å². The first-order valence-electron chi connectivity index (χ1n) is 4.56. The highest BCUT2D eigenvalue weighted by molar-refractivity contribution is 4.83. The van der Waals surface area contributed by atoms with Crippen LogP contribution in [0.3, 0.4) is 0 Å².